The molecule has 9 heavy (non-hydrogen) atoms. The normalized spacial score (nSPS) is 43.0. The lowest BCUT2D eigenvalue weighted by molar-refractivity contribution is 0.693. The van der Waals surface area contributed by atoms with E-state index < -0.39 is 0 Å². The second-order valence-corrected chi connectivity index (χ2v) is 3.05. The average molecular weight is 120 g/mol. The Balaban J connectivity index is 2.29. The van der Waals surface area contributed by atoms with Gasteiger partial charge in [-0.3, -0.25) is 0 Å². The van der Waals surface area contributed by atoms with Crippen LogP contribution in [0.3, 0.4) is 0 Å². The van der Waals surface area contributed by atoms with Crippen molar-refractivity contribution < 1.29 is 0 Å². The third kappa shape index (κ3) is 0.658. The Labute approximate surface area is 56.3 Å². The van der Waals surface area contributed by atoms with Crippen molar-refractivity contribution in [1.82, 2.24) is 0 Å². The van der Waals surface area contributed by atoms with Gasteiger partial charge in [0.1, 0.15) is 0 Å². The van der Waals surface area contributed by atoms with Crippen molar-refractivity contribution >= 4 is 0 Å². The number of hydrogen-bond acceptors (Lipinski definition) is 0. The number of hydrogen-bond donors (Lipinski definition) is 0. The van der Waals surface area contributed by atoms with Gasteiger partial charge in [-0.1, -0.05) is 23.8 Å². The van der Waals surface area contributed by atoms with Gasteiger partial charge in [-0.05, 0) is 31.6 Å². The molecule has 1 fully saturated rings. The van der Waals surface area contributed by atoms with Crippen LogP contribution in [-0.2, 0) is 0 Å². The molecule has 0 saturated heterocycles. The van der Waals surface area contributed by atoms with E-state index in [1.807, 2.05) is 0 Å². The zero-order valence-corrected chi connectivity index (χ0v) is 5.80. The predicted octanol–water partition coefficient (Wildman–Crippen LogP) is 2.53. The maximum atomic E-state index is 2.37. The Morgan fingerprint density at radius 1 is 1.56 bits per heavy atom. The van der Waals surface area contributed by atoms with Gasteiger partial charge in [0.25, 0.3) is 0 Å². The number of fused-ring (bicyclic) bond motifs is 2. The molecule has 0 aromatic carbocycles. The smallest absolute Gasteiger partial charge is 0.00174 e. The molecule has 0 aliphatic heterocycles. The minimum Gasteiger partial charge on any atom is -0.0878 e. The van der Waals surface area contributed by atoms with Gasteiger partial charge in [0, 0.05) is 0 Å². The van der Waals surface area contributed by atoms with Crippen LogP contribution in [0.15, 0.2) is 23.8 Å². The van der Waals surface area contributed by atoms with E-state index in [2.05, 4.69) is 25.2 Å². The van der Waals surface area contributed by atoms with E-state index in [0.29, 0.717) is 0 Å². The summed E-state index contributed by atoms with van der Waals surface area (Å²) in [7, 11) is 0. The molecule has 0 heteroatoms. The highest BCUT2D eigenvalue weighted by Gasteiger charge is 2.29. The van der Waals surface area contributed by atoms with Gasteiger partial charge in [0.05, 0.1) is 0 Å². The Morgan fingerprint density at radius 3 is 2.78 bits per heavy atom. The largest absolute Gasteiger partial charge is 0.0878 e. The predicted molar refractivity (Wildman–Crippen MR) is 39.1 cm³/mol. The third-order valence-corrected chi connectivity index (χ3v) is 2.52. The molecule has 0 heterocycles. The molecule has 0 amide bonds. The Hall–Kier alpha value is -0.520. The van der Waals surface area contributed by atoms with Crippen LogP contribution in [0.2, 0.25) is 0 Å². The van der Waals surface area contributed by atoms with E-state index in [0.717, 1.165) is 11.8 Å². The zero-order chi connectivity index (χ0) is 6.27. The second-order valence-electron chi connectivity index (χ2n) is 3.05. The summed E-state index contributed by atoms with van der Waals surface area (Å²) >= 11 is 0. The van der Waals surface area contributed by atoms with Crippen LogP contribution >= 0.6 is 0 Å². The molecule has 1 unspecified atom stereocenters. The molecule has 1 saturated carbocycles. The lowest BCUT2D eigenvalue weighted by Gasteiger charge is -2.05. The quantitative estimate of drug-likeness (QED) is 0.431. The van der Waals surface area contributed by atoms with E-state index in [1.54, 1.807) is 5.57 Å². The van der Waals surface area contributed by atoms with E-state index in [9.17, 15) is 0 Å². The van der Waals surface area contributed by atoms with E-state index in [4.69, 9.17) is 0 Å². The van der Waals surface area contributed by atoms with Gasteiger partial charge in [-0.2, -0.15) is 0 Å². The third-order valence-electron chi connectivity index (χ3n) is 2.52. The van der Waals surface area contributed by atoms with Crippen LogP contribution in [0, 0.1) is 11.8 Å². The molecule has 2 aliphatic carbocycles. The monoisotopic (exact) mass is 120 g/mol. The maximum Gasteiger partial charge on any atom is -0.00174 e. The minimum atomic E-state index is 0.833. The molecular weight excluding hydrogens is 108 g/mol. The van der Waals surface area contributed by atoms with Crippen molar-refractivity contribution in [2.45, 2.75) is 19.8 Å². The molecule has 2 bridgehead atoms. The molecule has 2 atom stereocenters. The molecule has 2 aliphatic rings. The van der Waals surface area contributed by atoms with E-state index in [1.165, 1.54) is 12.8 Å². The van der Waals surface area contributed by atoms with Crippen molar-refractivity contribution in [3.05, 3.63) is 23.8 Å². The highest BCUT2D eigenvalue weighted by Crippen LogP contribution is 2.42. The van der Waals surface area contributed by atoms with E-state index in [-0.39, 0.29) is 0 Å². The van der Waals surface area contributed by atoms with Gasteiger partial charge in [-0.25, -0.2) is 0 Å². The van der Waals surface area contributed by atoms with Crippen molar-refractivity contribution in [3.63, 3.8) is 0 Å². The van der Waals surface area contributed by atoms with Crippen molar-refractivity contribution in [2.75, 3.05) is 0 Å². The molecule has 0 spiro atoms. The van der Waals surface area contributed by atoms with Gasteiger partial charge in [0.15, 0.2) is 0 Å². The first-order valence-electron chi connectivity index (χ1n) is 3.73. The van der Waals surface area contributed by atoms with Gasteiger partial charge in [0.2, 0.25) is 0 Å². The maximum absolute atomic E-state index is 2.37. The van der Waals surface area contributed by atoms with Crippen LogP contribution in [0.4, 0.5) is 0 Å². The summed E-state index contributed by atoms with van der Waals surface area (Å²) in [4.78, 5) is 0. The summed E-state index contributed by atoms with van der Waals surface area (Å²) in [6, 6.07) is 0. The summed E-state index contributed by atoms with van der Waals surface area (Å²) in [5.74, 6) is 1.74. The average Bonchev–Trinajstić information content (AvgIpc) is 2.45. The van der Waals surface area contributed by atoms with Gasteiger partial charge in [-0.15, -0.1) is 0 Å². The zero-order valence-electron chi connectivity index (χ0n) is 5.80. The van der Waals surface area contributed by atoms with Crippen LogP contribution in [0.1, 0.15) is 19.8 Å². The fourth-order valence-electron chi connectivity index (χ4n) is 1.99. The Kier molecular flexibility index (Phi) is 1.01. The number of allylic oxidation sites excluding steroid dienone is 4. The van der Waals surface area contributed by atoms with Gasteiger partial charge >= 0.3 is 0 Å². The summed E-state index contributed by atoms with van der Waals surface area (Å²) < 4.78 is 0. The molecule has 0 aromatic heterocycles. The summed E-state index contributed by atoms with van der Waals surface area (Å²) in [6.07, 6.45) is 9.77. The molecule has 2 rings (SSSR count). The topological polar surface area (TPSA) is 0 Å². The first-order chi connectivity index (χ1) is 4.40. The highest BCUT2D eigenvalue weighted by atomic mass is 14.3. The first kappa shape index (κ1) is 5.28. The summed E-state index contributed by atoms with van der Waals surface area (Å²) in [5, 5.41) is 0. The first-order valence-corrected chi connectivity index (χ1v) is 3.73. The lowest BCUT2D eigenvalue weighted by Crippen LogP contribution is -1.90. The SMILES string of the molecule is CC=C1CC2C=C[C@@H]1C2. The van der Waals surface area contributed by atoms with Crippen LogP contribution in [-0.4, -0.2) is 0 Å². The molecule has 0 radical (unpaired) electrons. The van der Waals surface area contributed by atoms with Crippen LogP contribution in [0.25, 0.3) is 0 Å². The van der Waals surface area contributed by atoms with E-state index >= 15 is 0 Å². The van der Waals surface area contributed by atoms with Crippen LogP contribution in [0.5, 0.6) is 0 Å². The summed E-state index contributed by atoms with van der Waals surface area (Å²) in [5.41, 5.74) is 1.67. The molecular formula is C9H12. The second kappa shape index (κ2) is 1.73. The fourth-order valence-corrected chi connectivity index (χ4v) is 1.99. The van der Waals surface area contributed by atoms with Crippen molar-refractivity contribution in [3.8, 4) is 0 Å². The highest BCUT2D eigenvalue weighted by molar-refractivity contribution is 5.26. The number of rotatable bonds is 0. The summed E-state index contributed by atoms with van der Waals surface area (Å²) in [6.45, 7) is 2.16. The standard InChI is InChI=1S/C9H12/c1-2-8-5-7-3-4-9(8)6-7/h2-4,7,9H,5-6H2,1H3/t7?,9-/m1/s1. The fraction of sp³-hybridized carbons (Fsp3) is 0.556. The molecule has 0 nitrogen and oxygen atoms in total. The minimum absolute atomic E-state index is 0.833. The molecule has 48 valence electrons. The molecule has 0 N–H and O–H groups in total. The van der Waals surface area contributed by atoms with Crippen molar-refractivity contribution in [1.29, 1.82) is 0 Å². The Bertz CT molecular complexity index is 174. The molecule has 0 aromatic rings. The van der Waals surface area contributed by atoms with Crippen molar-refractivity contribution in [2.24, 2.45) is 11.8 Å². The Morgan fingerprint density at radius 2 is 2.44 bits per heavy atom. The van der Waals surface area contributed by atoms with Gasteiger partial charge < -0.3 is 0 Å². The van der Waals surface area contributed by atoms with Crippen LogP contribution < -0.4 is 0 Å². The lowest BCUT2D eigenvalue weighted by atomic mass is 10.0.